The van der Waals surface area contributed by atoms with Crippen molar-refractivity contribution in [3.05, 3.63) is 42.0 Å². The van der Waals surface area contributed by atoms with Crippen LogP contribution in [0.15, 0.2) is 41.3 Å². The van der Waals surface area contributed by atoms with Gasteiger partial charge in [0.05, 0.1) is 17.3 Å². The Balaban J connectivity index is 2.50. The van der Waals surface area contributed by atoms with Crippen LogP contribution in [-0.2, 0) is 39.0 Å². The highest BCUT2D eigenvalue weighted by Gasteiger charge is 2.25. The number of hydrogen-bond acceptors (Lipinski definition) is 7. The van der Waals surface area contributed by atoms with Crippen LogP contribution in [0.2, 0.25) is 0 Å². The van der Waals surface area contributed by atoms with Gasteiger partial charge in [0, 0.05) is 18.7 Å². The molecule has 0 heterocycles. The van der Waals surface area contributed by atoms with Gasteiger partial charge in [0.1, 0.15) is 4.90 Å². The average molecular weight is 393 g/mol. The zero-order valence-corrected chi connectivity index (χ0v) is 14.8. The lowest BCUT2D eigenvalue weighted by Crippen LogP contribution is -2.10. The lowest BCUT2D eigenvalue weighted by molar-refractivity contribution is -0.140. The molecule has 2 aromatic rings. The summed E-state index contributed by atoms with van der Waals surface area (Å²) in [6.07, 6.45) is 0.370. The summed E-state index contributed by atoms with van der Waals surface area (Å²) in [5.41, 5.74) is 0.736. The molecule has 10 heteroatoms. The number of esters is 1. The van der Waals surface area contributed by atoms with E-state index in [0.29, 0.717) is 11.8 Å². The van der Waals surface area contributed by atoms with Gasteiger partial charge in [-0.3, -0.25) is 4.79 Å². The monoisotopic (exact) mass is 392 g/mol. The number of halogens is 1. The molecule has 0 aliphatic carbocycles. The fourth-order valence-electron chi connectivity index (χ4n) is 2.22. The predicted molar refractivity (Wildman–Crippen MR) is 87.3 cm³/mol. The van der Waals surface area contributed by atoms with Gasteiger partial charge in [0.25, 0.3) is 0 Å². The van der Waals surface area contributed by atoms with Crippen LogP contribution < -0.4 is 0 Å². The Hall–Kier alpha value is -1.68. The summed E-state index contributed by atoms with van der Waals surface area (Å²) in [6.45, 7) is 1.43. The highest BCUT2D eigenvalue weighted by atomic mass is 35.7. The van der Waals surface area contributed by atoms with Crippen molar-refractivity contribution < 1.29 is 30.0 Å². The predicted octanol–water partition coefficient (Wildman–Crippen LogP) is 2.13. The van der Waals surface area contributed by atoms with Gasteiger partial charge in [-0.2, -0.15) is 16.8 Å². The molecule has 0 N–H and O–H groups in total. The van der Waals surface area contributed by atoms with E-state index in [1.165, 1.54) is 25.1 Å². The third kappa shape index (κ3) is 4.67. The second kappa shape index (κ2) is 7.06. The second-order valence-corrected chi connectivity index (χ2v) is 8.59. The molecule has 0 aliphatic rings. The van der Waals surface area contributed by atoms with E-state index in [0.717, 1.165) is 5.56 Å². The van der Waals surface area contributed by atoms with Crippen LogP contribution in [0.1, 0.15) is 12.5 Å². The minimum absolute atomic E-state index is 0.137. The minimum atomic E-state index is -4.71. The van der Waals surface area contributed by atoms with Crippen molar-refractivity contribution in [2.24, 2.45) is 0 Å². The third-order valence-corrected chi connectivity index (χ3v) is 5.82. The van der Waals surface area contributed by atoms with Gasteiger partial charge in [-0.1, -0.05) is 30.3 Å². The summed E-state index contributed by atoms with van der Waals surface area (Å²) < 4.78 is 55.0. The number of carbonyl (C=O) groups is 1. The molecule has 0 saturated carbocycles. The van der Waals surface area contributed by atoms with Crippen LogP contribution in [0.3, 0.4) is 0 Å². The highest BCUT2D eigenvalue weighted by molar-refractivity contribution is 8.15. The van der Waals surface area contributed by atoms with Gasteiger partial charge in [-0.05, 0) is 17.0 Å². The molecule has 24 heavy (non-hydrogen) atoms. The first-order valence-corrected chi connectivity index (χ1v) is 10.3. The van der Waals surface area contributed by atoms with Gasteiger partial charge in [-0.15, -0.1) is 3.63 Å². The van der Waals surface area contributed by atoms with Crippen LogP contribution >= 0.6 is 10.7 Å². The fourth-order valence-corrected chi connectivity index (χ4v) is 4.66. The van der Waals surface area contributed by atoms with Gasteiger partial charge in [-0.25, -0.2) is 0 Å². The molecule has 0 aliphatic heterocycles. The van der Waals surface area contributed by atoms with Crippen molar-refractivity contribution in [1.82, 2.24) is 0 Å². The van der Waals surface area contributed by atoms with E-state index in [-0.39, 0.29) is 16.9 Å². The zero-order chi connectivity index (χ0) is 18.0. The number of fused-ring (bicyclic) bond motifs is 1. The molecule has 0 atom stereocenters. The SMILES string of the molecule is CC(=O)OCCc1ccc(S(=O)(=O)OS(=O)(=O)Cl)c2ccccc12. The maximum absolute atomic E-state index is 12.1. The van der Waals surface area contributed by atoms with Crippen LogP contribution in [0.25, 0.3) is 10.8 Å². The minimum Gasteiger partial charge on any atom is -0.466 e. The lowest BCUT2D eigenvalue weighted by atomic mass is 10.0. The Bertz CT molecular complexity index is 981. The smallest absolute Gasteiger partial charge is 0.370 e. The Morgan fingerprint density at radius 3 is 2.25 bits per heavy atom. The number of ether oxygens (including phenoxy) is 1. The maximum atomic E-state index is 12.1. The molecule has 0 amide bonds. The fraction of sp³-hybridized carbons (Fsp3) is 0.214. The zero-order valence-electron chi connectivity index (χ0n) is 12.4. The summed E-state index contributed by atoms with van der Waals surface area (Å²) >= 11 is 0. The molecule has 0 radical (unpaired) electrons. The summed E-state index contributed by atoms with van der Waals surface area (Å²) in [6, 6.07) is 9.22. The number of rotatable bonds is 6. The first-order chi connectivity index (χ1) is 11.1. The van der Waals surface area contributed by atoms with E-state index in [2.05, 4.69) is 3.63 Å². The lowest BCUT2D eigenvalue weighted by Gasteiger charge is -2.11. The normalized spacial score (nSPS) is 12.2. The standard InChI is InChI=1S/C14H13ClO7S2/c1-10(16)21-9-8-11-6-7-14(13-5-3-2-4-12(11)13)23(17,18)22-24(15,19)20/h2-7H,8-9H2,1H3. The van der Waals surface area contributed by atoms with Crippen molar-refractivity contribution in [3.8, 4) is 0 Å². The van der Waals surface area contributed by atoms with E-state index in [1.54, 1.807) is 18.2 Å². The first-order valence-electron chi connectivity index (χ1n) is 6.65. The van der Waals surface area contributed by atoms with Crippen LogP contribution in [-0.4, -0.2) is 29.4 Å². The molecule has 0 bridgehead atoms. The maximum Gasteiger partial charge on any atom is 0.370 e. The Morgan fingerprint density at radius 1 is 1.04 bits per heavy atom. The Morgan fingerprint density at radius 2 is 1.67 bits per heavy atom. The van der Waals surface area contributed by atoms with Crippen molar-refractivity contribution >= 4 is 46.9 Å². The summed E-state index contributed by atoms with van der Waals surface area (Å²) in [5.74, 6) is -0.417. The van der Waals surface area contributed by atoms with E-state index < -0.39 is 25.4 Å². The van der Waals surface area contributed by atoms with E-state index in [9.17, 15) is 21.6 Å². The third-order valence-electron chi connectivity index (χ3n) is 3.09. The van der Waals surface area contributed by atoms with E-state index in [4.69, 9.17) is 15.4 Å². The average Bonchev–Trinajstić information content (AvgIpc) is 2.44. The van der Waals surface area contributed by atoms with Crippen molar-refractivity contribution in [1.29, 1.82) is 0 Å². The second-order valence-electron chi connectivity index (χ2n) is 4.77. The Labute approximate surface area is 143 Å². The summed E-state index contributed by atoms with van der Waals surface area (Å²) in [7, 11) is -4.44. The van der Waals surface area contributed by atoms with Crippen LogP contribution in [0.5, 0.6) is 0 Å². The molecule has 2 rings (SSSR count). The van der Waals surface area contributed by atoms with Crippen molar-refractivity contribution in [2.75, 3.05) is 6.61 Å². The molecule has 0 spiro atoms. The topological polar surface area (TPSA) is 104 Å². The van der Waals surface area contributed by atoms with Gasteiger partial charge in [0.15, 0.2) is 0 Å². The molecule has 0 fully saturated rings. The number of carbonyl (C=O) groups excluding carboxylic acids is 1. The quantitative estimate of drug-likeness (QED) is 0.547. The summed E-state index contributed by atoms with van der Waals surface area (Å²) in [5, 5.41) is 0.847. The molecule has 0 aromatic heterocycles. The van der Waals surface area contributed by atoms with Gasteiger partial charge in [0.2, 0.25) is 0 Å². The molecule has 0 unspecified atom stereocenters. The van der Waals surface area contributed by atoms with Crippen molar-refractivity contribution in [3.63, 3.8) is 0 Å². The molecular formula is C14H13ClO7S2. The Kier molecular flexibility index (Phi) is 5.49. The van der Waals surface area contributed by atoms with Gasteiger partial charge < -0.3 is 4.74 Å². The molecule has 2 aromatic carbocycles. The highest BCUT2D eigenvalue weighted by Crippen LogP contribution is 2.29. The molecule has 130 valence electrons. The number of benzene rings is 2. The largest absolute Gasteiger partial charge is 0.466 e. The molecular weight excluding hydrogens is 380 g/mol. The van der Waals surface area contributed by atoms with Gasteiger partial charge >= 0.3 is 25.4 Å². The molecule has 7 nitrogen and oxygen atoms in total. The number of hydrogen-bond donors (Lipinski definition) is 0. The van der Waals surface area contributed by atoms with Crippen LogP contribution in [0, 0.1) is 0 Å². The van der Waals surface area contributed by atoms with Crippen molar-refractivity contribution in [2.45, 2.75) is 18.2 Å². The van der Waals surface area contributed by atoms with Crippen LogP contribution in [0.4, 0.5) is 0 Å². The summed E-state index contributed by atoms with van der Waals surface area (Å²) in [4.78, 5) is 10.5. The van der Waals surface area contributed by atoms with E-state index in [1.807, 2.05) is 0 Å². The molecule has 0 saturated heterocycles. The first kappa shape index (κ1) is 18.7. The van der Waals surface area contributed by atoms with E-state index >= 15 is 0 Å².